The van der Waals surface area contributed by atoms with Gasteiger partial charge < -0.3 is 5.73 Å². The van der Waals surface area contributed by atoms with E-state index in [1.807, 2.05) is 0 Å². The van der Waals surface area contributed by atoms with E-state index >= 15 is 0 Å². The lowest BCUT2D eigenvalue weighted by atomic mass is 10.0. The molecule has 4 rings (SSSR count). The number of thiophene rings is 1. The van der Waals surface area contributed by atoms with Crippen LogP contribution in [0.5, 0.6) is 0 Å². The fourth-order valence-corrected chi connectivity index (χ4v) is 5.77. The van der Waals surface area contributed by atoms with E-state index in [1.54, 1.807) is 37.6 Å². The van der Waals surface area contributed by atoms with Gasteiger partial charge in [0.2, 0.25) is 16.0 Å². The average molecular weight is 433 g/mol. The van der Waals surface area contributed by atoms with E-state index in [2.05, 4.69) is 19.9 Å². The van der Waals surface area contributed by atoms with Crippen molar-refractivity contribution in [2.24, 2.45) is 10.7 Å². The summed E-state index contributed by atoms with van der Waals surface area (Å²) in [5.41, 5.74) is 6.60. The first-order chi connectivity index (χ1) is 13.7. The second-order valence-corrected chi connectivity index (χ2v) is 9.86. The Kier molecular flexibility index (Phi) is 4.58. The molecule has 0 spiro atoms. The quantitative estimate of drug-likeness (QED) is 0.679. The lowest BCUT2D eigenvalue weighted by Crippen LogP contribution is -2.50. The standard InChI is InChI=1S/C18H17FN6O2S2/c1-18(9-29(26,27)25(2)17(20)24-18)16-13(19)6-15(28-16)11-3-4-23-14(5-11)12-7-21-10-22-8-12/h3-8,10H,9H2,1-2H3,(H2,20,24). The van der Waals surface area contributed by atoms with Crippen molar-refractivity contribution in [1.82, 2.24) is 19.3 Å². The molecule has 0 saturated carbocycles. The number of aromatic nitrogens is 3. The molecule has 0 radical (unpaired) electrons. The molecule has 2 N–H and O–H groups in total. The molecule has 4 heterocycles. The molecule has 29 heavy (non-hydrogen) atoms. The molecule has 150 valence electrons. The molecule has 0 fully saturated rings. The Balaban J connectivity index is 1.77. The van der Waals surface area contributed by atoms with Crippen LogP contribution in [0.3, 0.4) is 0 Å². The molecule has 1 aliphatic heterocycles. The first-order valence-electron chi connectivity index (χ1n) is 8.53. The first-order valence-corrected chi connectivity index (χ1v) is 11.0. The van der Waals surface area contributed by atoms with Crippen LogP contribution in [0.4, 0.5) is 4.39 Å². The Morgan fingerprint density at radius 1 is 1.24 bits per heavy atom. The largest absolute Gasteiger partial charge is 0.369 e. The number of rotatable bonds is 3. The number of pyridine rings is 1. The summed E-state index contributed by atoms with van der Waals surface area (Å²) < 4.78 is 40.6. The topological polar surface area (TPSA) is 114 Å². The Morgan fingerprint density at radius 2 is 1.97 bits per heavy atom. The van der Waals surface area contributed by atoms with Gasteiger partial charge in [0, 0.05) is 36.1 Å². The maximum absolute atomic E-state index is 14.9. The molecule has 3 aromatic rings. The van der Waals surface area contributed by atoms with Crippen LogP contribution in [0.15, 0.2) is 48.1 Å². The van der Waals surface area contributed by atoms with Crippen molar-refractivity contribution in [2.45, 2.75) is 12.5 Å². The number of aliphatic imine (C=N–C) groups is 1. The Bertz CT molecular complexity index is 1210. The van der Waals surface area contributed by atoms with Crippen LogP contribution in [0, 0.1) is 5.82 Å². The number of guanidine groups is 1. The van der Waals surface area contributed by atoms with Crippen molar-refractivity contribution in [1.29, 1.82) is 0 Å². The van der Waals surface area contributed by atoms with Gasteiger partial charge in [-0.25, -0.2) is 32.1 Å². The van der Waals surface area contributed by atoms with E-state index in [0.29, 0.717) is 10.6 Å². The van der Waals surface area contributed by atoms with Crippen molar-refractivity contribution < 1.29 is 12.8 Å². The van der Waals surface area contributed by atoms with Gasteiger partial charge in [-0.15, -0.1) is 11.3 Å². The third-order valence-electron chi connectivity index (χ3n) is 4.64. The highest BCUT2D eigenvalue weighted by atomic mass is 32.2. The van der Waals surface area contributed by atoms with E-state index < -0.39 is 21.4 Å². The van der Waals surface area contributed by atoms with Crippen LogP contribution < -0.4 is 5.73 Å². The Labute approximate surface area is 171 Å². The van der Waals surface area contributed by atoms with Crippen molar-refractivity contribution in [3.8, 4) is 21.7 Å². The van der Waals surface area contributed by atoms with Gasteiger partial charge in [0.25, 0.3) is 0 Å². The maximum Gasteiger partial charge on any atom is 0.239 e. The zero-order chi connectivity index (χ0) is 20.8. The van der Waals surface area contributed by atoms with Crippen LogP contribution in [0.1, 0.15) is 11.8 Å². The zero-order valence-electron chi connectivity index (χ0n) is 15.6. The lowest BCUT2D eigenvalue weighted by molar-refractivity contribution is 0.466. The van der Waals surface area contributed by atoms with Crippen molar-refractivity contribution in [2.75, 3.05) is 12.8 Å². The normalized spacial score (nSPS) is 21.1. The predicted octanol–water partition coefficient (Wildman–Crippen LogP) is 2.21. The number of nitrogens with zero attached hydrogens (tertiary/aromatic N) is 5. The number of sulfonamides is 1. The fraction of sp³-hybridized carbons (Fsp3) is 0.222. The third-order valence-corrected chi connectivity index (χ3v) is 8.00. The summed E-state index contributed by atoms with van der Waals surface area (Å²) in [6.07, 6.45) is 6.33. The number of halogens is 1. The van der Waals surface area contributed by atoms with Crippen LogP contribution in [0.25, 0.3) is 21.7 Å². The summed E-state index contributed by atoms with van der Waals surface area (Å²) >= 11 is 1.15. The van der Waals surface area contributed by atoms with E-state index in [1.165, 1.54) is 19.4 Å². The van der Waals surface area contributed by atoms with Crippen LogP contribution >= 0.6 is 11.3 Å². The Morgan fingerprint density at radius 3 is 2.66 bits per heavy atom. The van der Waals surface area contributed by atoms with Crippen LogP contribution in [-0.4, -0.2) is 46.4 Å². The Hall–Kier alpha value is -2.92. The van der Waals surface area contributed by atoms with Gasteiger partial charge in [0.05, 0.1) is 16.3 Å². The minimum atomic E-state index is -3.69. The molecule has 1 aliphatic rings. The molecule has 0 aromatic carbocycles. The SMILES string of the molecule is CN1C(N)=NC(C)(c2sc(-c3ccnc(-c4cncnc4)c3)cc2F)CS1(=O)=O. The van der Waals surface area contributed by atoms with E-state index in [4.69, 9.17) is 5.73 Å². The molecule has 0 bridgehead atoms. The molecular formula is C18H17FN6O2S2. The zero-order valence-corrected chi connectivity index (χ0v) is 17.2. The summed E-state index contributed by atoms with van der Waals surface area (Å²) in [4.78, 5) is 17.4. The molecule has 8 nitrogen and oxygen atoms in total. The highest BCUT2D eigenvalue weighted by Crippen LogP contribution is 2.41. The molecule has 1 atom stereocenters. The van der Waals surface area contributed by atoms with Gasteiger partial charge in [-0.2, -0.15) is 0 Å². The van der Waals surface area contributed by atoms with Gasteiger partial charge in [-0.1, -0.05) is 0 Å². The van der Waals surface area contributed by atoms with Crippen molar-refractivity contribution >= 4 is 27.3 Å². The highest BCUT2D eigenvalue weighted by molar-refractivity contribution is 7.89. The van der Waals surface area contributed by atoms with Gasteiger partial charge >= 0.3 is 0 Å². The first kappa shape index (κ1) is 19.4. The minimum absolute atomic E-state index is 0.164. The minimum Gasteiger partial charge on any atom is -0.369 e. The molecule has 1 unspecified atom stereocenters. The fourth-order valence-electron chi connectivity index (χ4n) is 3.12. The van der Waals surface area contributed by atoms with Crippen LogP contribution in [-0.2, 0) is 15.6 Å². The number of hydrogen-bond donors (Lipinski definition) is 1. The summed E-state index contributed by atoms with van der Waals surface area (Å²) in [5.74, 6) is -1.05. The average Bonchev–Trinajstić information content (AvgIpc) is 3.09. The summed E-state index contributed by atoms with van der Waals surface area (Å²) in [7, 11) is -2.36. The second-order valence-electron chi connectivity index (χ2n) is 6.81. The molecule has 11 heteroatoms. The van der Waals surface area contributed by atoms with E-state index in [0.717, 1.165) is 26.8 Å². The smallest absolute Gasteiger partial charge is 0.239 e. The van der Waals surface area contributed by atoms with Gasteiger partial charge in [0.15, 0.2) is 0 Å². The van der Waals surface area contributed by atoms with Gasteiger partial charge in [-0.3, -0.25) is 4.98 Å². The third kappa shape index (κ3) is 3.47. The van der Waals surface area contributed by atoms with Gasteiger partial charge in [-0.05, 0) is 30.7 Å². The maximum atomic E-state index is 14.9. The molecule has 0 aliphatic carbocycles. The van der Waals surface area contributed by atoms with Crippen molar-refractivity contribution in [3.05, 3.63) is 53.8 Å². The summed E-state index contributed by atoms with van der Waals surface area (Å²) in [6, 6.07) is 4.94. The number of nitrogens with two attached hydrogens (primary N) is 1. The van der Waals surface area contributed by atoms with E-state index in [-0.39, 0.29) is 16.6 Å². The summed E-state index contributed by atoms with van der Waals surface area (Å²) in [6.45, 7) is 1.57. The second kappa shape index (κ2) is 6.85. The predicted molar refractivity (Wildman–Crippen MR) is 109 cm³/mol. The molecule has 0 amide bonds. The molecular weight excluding hydrogens is 415 g/mol. The lowest BCUT2D eigenvalue weighted by Gasteiger charge is -2.33. The monoisotopic (exact) mass is 432 g/mol. The number of hydrogen-bond acceptors (Lipinski definition) is 8. The van der Waals surface area contributed by atoms with Crippen LogP contribution in [0.2, 0.25) is 0 Å². The van der Waals surface area contributed by atoms with Crippen molar-refractivity contribution in [3.63, 3.8) is 0 Å². The molecule has 0 saturated heterocycles. The molecule has 3 aromatic heterocycles. The van der Waals surface area contributed by atoms with Gasteiger partial charge in [0.1, 0.15) is 17.7 Å². The highest BCUT2D eigenvalue weighted by Gasteiger charge is 2.42. The summed E-state index contributed by atoms with van der Waals surface area (Å²) in [5, 5.41) is 0. The van der Waals surface area contributed by atoms with E-state index in [9.17, 15) is 12.8 Å².